The lowest BCUT2D eigenvalue weighted by molar-refractivity contribution is -0.116. The maximum absolute atomic E-state index is 11.8. The highest BCUT2D eigenvalue weighted by Gasteiger charge is 2.09. The van der Waals surface area contributed by atoms with Crippen LogP contribution in [0.25, 0.3) is 0 Å². The van der Waals surface area contributed by atoms with Crippen molar-refractivity contribution in [2.45, 2.75) is 33.1 Å². The first-order valence-electron chi connectivity index (χ1n) is 6.25. The van der Waals surface area contributed by atoms with Crippen molar-refractivity contribution < 1.29 is 4.79 Å². The predicted octanol–water partition coefficient (Wildman–Crippen LogP) is 2.56. The quantitative estimate of drug-likeness (QED) is 0.794. The summed E-state index contributed by atoms with van der Waals surface area (Å²) >= 11 is 0. The van der Waals surface area contributed by atoms with E-state index in [9.17, 15) is 4.79 Å². The smallest absolute Gasteiger partial charge is 0.224 e. The van der Waals surface area contributed by atoms with E-state index in [0.717, 1.165) is 18.5 Å². The number of anilines is 1. The molecule has 0 bridgehead atoms. The zero-order chi connectivity index (χ0) is 12.7. The van der Waals surface area contributed by atoms with E-state index < -0.39 is 0 Å². The topological polar surface area (TPSA) is 55.1 Å². The van der Waals surface area contributed by atoms with Crippen LogP contribution in [0.1, 0.15) is 32.3 Å². The van der Waals surface area contributed by atoms with Crippen LogP contribution in [0.2, 0.25) is 0 Å². The second-order valence-electron chi connectivity index (χ2n) is 4.50. The van der Waals surface area contributed by atoms with Gasteiger partial charge in [-0.3, -0.25) is 4.79 Å². The Morgan fingerprint density at radius 3 is 2.76 bits per heavy atom. The van der Waals surface area contributed by atoms with Gasteiger partial charge in [-0.2, -0.15) is 0 Å². The van der Waals surface area contributed by atoms with Gasteiger partial charge in [0, 0.05) is 12.1 Å². The van der Waals surface area contributed by atoms with Gasteiger partial charge in [-0.1, -0.05) is 38.5 Å². The molecule has 0 saturated carbocycles. The number of nitrogens with one attached hydrogen (secondary N) is 1. The summed E-state index contributed by atoms with van der Waals surface area (Å²) in [5.74, 6) is 0.278. The van der Waals surface area contributed by atoms with Gasteiger partial charge in [0.15, 0.2) is 0 Å². The minimum atomic E-state index is 0.0477. The summed E-state index contributed by atoms with van der Waals surface area (Å²) in [7, 11) is 0. The first-order chi connectivity index (χ1) is 8.17. The van der Waals surface area contributed by atoms with Crippen LogP contribution in [0, 0.1) is 5.92 Å². The number of carbonyl (C=O) groups excluding carboxylic acids is 1. The van der Waals surface area contributed by atoms with E-state index in [2.05, 4.69) is 18.3 Å². The first-order valence-corrected chi connectivity index (χ1v) is 6.25. The summed E-state index contributed by atoms with van der Waals surface area (Å²) in [6.07, 6.45) is 2.55. The second-order valence-corrected chi connectivity index (χ2v) is 4.50. The molecule has 0 aromatic heterocycles. The Balaban J connectivity index is 2.64. The molecule has 17 heavy (non-hydrogen) atoms. The van der Waals surface area contributed by atoms with E-state index in [1.807, 2.05) is 25.1 Å². The molecule has 0 heterocycles. The highest BCUT2D eigenvalue weighted by Crippen LogP contribution is 2.17. The summed E-state index contributed by atoms with van der Waals surface area (Å²) in [5, 5.41) is 2.97. The monoisotopic (exact) mass is 234 g/mol. The number of nitrogens with two attached hydrogens (primary N) is 1. The molecule has 3 N–H and O–H groups in total. The Morgan fingerprint density at radius 1 is 1.41 bits per heavy atom. The lowest BCUT2D eigenvalue weighted by atomic mass is 10.1. The fraction of sp³-hybridized carbons (Fsp3) is 0.500. The van der Waals surface area contributed by atoms with Gasteiger partial charge < -0.3 is 11.1 Å². The van der Waals surface area contributed by atoms with Crippen LogP contribution in [0.15, 0.2) is 24.3 Å². The van der Waals surface area contributed by atoms with E-state index in [0.29, 0.717) is 13.0 Å². The third-order valence-electron chi connectivity index (χ3n) is 2.75. The van der Waals surface area contributed by atoms with E-state index in [-0.39, 0.29) is 11.8 Å². The van der Waals surface area contributed by atoms with Gasteiger partial charge >= 0.3 is 0 Å². The van der Waals surface area contributed by atoms with E-state index in [1.165, 1.54) is 5.56 Å². The average molecular weight is 234 g/mol. The molecule has 0 fully saturated rings. The van der Waals surface area contributed by atoms with Crippen LogP contribution in [0.5, 0.6) is 0 Å². The number of para-hydroxylation sites is 1. The van der Waals surface area contributed by atoms with Crippen molar-refractivity contribution in [3.8, 4) is 0 Å². The van der Waals surface area contributed by atoms with Crippen molar-refractivity contribution in [1.29, 1.82) is 0 Å². The number of amides is 1. The summed E-state index contributed by atoms with van der Waals surface area (Å²) in [5.41, 5.74) is 7.64. The molecule has 3 heteroatoms. The van der Waals surface area contributed by atoms with Crippen molar-refractivity contribution in [3.05, 3.63) is 29.8 Å². The number of aryl methyl sites for hydroxylation is 1. The second kappa shape index (κ2) is 7.07. The normalized spacial score (nSPS) is 12.2. The molecule has 0 radical (unpaired) electrons. The molecule has 1 amide bonds. The molecule has 0 spiro atoms. The van der Waals surface area contributed by atoms with Gasteiger partial charge in [-0.05, 0) is 30.5 Å². The van der Waals surface area contributed by atoms with Crippen molar-refractivity contribution in [2.24, 2.45) is 11.7 Å². The zero-order valence-electron chi connectivity index (χ0n) is 10.7. The van der Waals surface area contributed by atoms with Crippen LogP contribution in [-0.2, 0) is 11.2 Å². The van der Waals surface area contributed by atoms with Crippen LogP contribution in [0.4, 0.5) is 5.69 Å². The lowest BCUT2D eigenvalue weighted by Gasteiger charge is -2.12. The molecule has 1 aromatic rings. The highest BCUT2D eigenvalue weighted by atomic mass is 16.1. The number of carbonyl (C=O) groups is 1. The molecule has 0 aliphatic carbocycles. The summed E-state index contributed by atoms with van der Waals surface area (Å²) in [4.78, 5) is 11.8. The molecule has 0 saturated heterocycles. The predicted molar refractivity (Wildman–Crippen MR) is 71.9 cm³/mol. The van der Waals surface area contributed by atoms with Crippen molar-refractivity contribution >= 4 is 11.6 Å². The van der Waals surface area contributed by atoms with E-state index >= 15 is 0 Å². The molecule has 1 unspecified atom stereocenters. The Hall–Kier alpha value is -1.35. The molecule has 1 atom stereocenters. The van der Waals surface area contributed by atoms with Crippen LogP contribution in [0.3, 0.4) is 0 Å². The van der Waals surface area contributed by atoms with Crippen LogP contribution < -0.4 is 11.1 Å². The van der Waals surface area contributed by atoms with Gasteiger partial charge in [-0.25, -0.2) is 0 Å². The molecule has 1 aromatic carbocycles. The minimum Gasteiger partial charge on any atom is -0.330 e. The van der Waals surface area contributed by atoms with Crippen molar-refractivity contribution in [3.63, 3.8) is 0 Å². The van der Waals surface area contributed by atoms with Crippen LogP contribution in [-0.4, -0.2) is 12.5 Å². The standard InChI is InChI=1S/C14H22N2O/c1-3-6-12-7-4-5-8-13(12)16-14(17)9-11(2)10-15/h4-5,7-8,11H,3,6,9-10,15H2,1-2H3,(H,16,17). The SMILES string of the molecule is CCCc1ccccc1NC(=O)CC(C)CN. The van der Waals surface area contributed by atoms with E-state index in [4.69, 9.17) is 5.73 Å². The third-order valence-corrected chi connectivity index (χ3v) is 2.75. The van der Waals surface area contributed by atoms with Gasteiger partial charge in [0.25, 0.3) is 0 Å². The van der Waals surface area contributed by atoms with Gasteiger partial charge in [0.2, 0.25) is 5.91 Å². The largest absolute Gasteiger partial charge is 0.330 e. The molecular weight excluding hydrogens is 212 g/mol. The molecule has 0 aliphatic rings. The minimum absolute atomic E-state index is 0.0477. The Bertz CT molecular complexity index is 363. The maximum Gasteiger partial charge on any atom is 0.224 e. The highest BCUT2D eigenvalue weighted by molar-refractivity contribution is 5.91. The first kappa shape index (κ1) is 13.7. The van der Waals surface area contributed by atoms with Gasteiger partial charge in [0.1, 0.15) is 0 Å². The van der Waals surface area contributed by atoms with E-state index in [1.54, 1.807) is 0 Å². The third kappa shape index (κ3) is 4.57. The van der Waals surface area contributed by atoms with Crippen molar-refractivity contribution in [2.75, 3.05) is 11.9 Å². The van der Waals surface area contributed by atoms with Gasteiger partial charge in [0.05, 0.1) is 0 Å². The number of hydrogen-bond acceptors (Lipinski definition) is 2. The van der Waals surface area contributed by atoms with Crippen LogP contribution >= 0.6 is 0 Å². The summed E-state index contributed by atoms with van der Waals surface area (Å²) < 4.78 is 0. The molecule has 3 nitrogen and oxygen atoms in total. The fourth-order valence-electron chi connectivity index (χ4n) is 1.73. The average Bonchev–Trinajstić information content (AvgIpc) is 2.31. The number of hydrogen-bond donors (Lipinski definition) is 2. The Kier molecular flexibility index (Phi) is 5.70. The number of rotatable bonds is 6. The van der Waals surface area contributed by atoms with Gasteiger partial charge in [-0.15, -0.1) is 0 Å². The maximum atomic E-state index is 11.8. The molecule has 94 valence electrons. The fourth-order valence-corrected chi connectivity index (χ4v) is 1.73. The van der Waals surface area contributed by atoms with Crippen molar-refractivity contribution in [1.82, 2.24) is 0 Å². The Morgan fingerprint density at radius 2 is 2.12 bits per heavy atom. The number of benzene rings is 1. The lowest BCUT2D eigenvalue weighted by Crippen LogP contribution is -2.20. The zero-order valence-corrected chi connectivity index (χ0v) is 10.7. The Labute approximate surface area is 103 Å². The summed E-state index contributed by atoms with van der Waals surface area (Å²) in [6.45, 7) is 4.66. The molecule has 0 aliphatic heterocycles. The molecular formula is C14H22N2O. The molecule has 1 rings (SSSR count). The summed E-state index contributed by atoms with van der Waals surface area (Å²) in [6, 6.07) is 7.96.